The Morgan fingerprint density at radius 1 is 1.11 bits per heavy atom. The maximum atomic E-state index is 12.4. The molecule has 6 nitrogen and oxygen atoms in total. The Kier molecular flexibility index (Phi) is 4.45. The number of benzene rings is 2. The number of carbonyl (C=O) groups is 3. The molecule has 4 rings (SSSR count). The number of aryl methyl sites for hydroxylation is 1. The molecule has 27 heavy (non-hydrogen) atoms. The van der Waals surface area contributed by atoms with Gasteiger partial charge in [-0.1, -0.05) is 23.8 Å². The van der Waals surface area contributed by atoms with Gasteiger partial charge in [0.2, 0.25) is 5.91 Å². The Morgan fingerprint density at radius 3 is 2.70 bits per heavy atom. The van der Waals surface area contributed by atoms with Crippen molar-refractivity contribution in [1.82, 2.24) is 15.2 Å². The predicted molar refractivity (Wildman–Crippen MR) is 103 cm³/mol. The summed E-state index contributed by atoms with van der Waals surface area (Å²) >= 11 is 1.53. The summed E-state index contributed by atoms with van der Waals surface area (Å²) in [4.78, 5) is 42.5. The predicted octanol–water partition coefficient (Wildman–Crippen LogP) is 2.91. The van der Waals surface area contributed by atoms with Gasteiger partial charge in [0.15, 0.2) is 0 Å². The number of nitrogens with zero attached hydrogens (tertiary/aromatic N) is 2. The third-order valence-corrected chi connectivity index (χ3v) is 5.50. The Labute approximate surface area is 159 Å². The van der Waals surface area contributed by atoms with Crippen molar-refractivity contribution in [2.24, 2.45) is 0 Å². The molecule has 0 atom stereocenters. The molecule has 0 saturated heterocycles. The average Bonchev–Trinajstić information content (AvgIpc) is 3.18. The van der Waals surface area contributed by atoms with Gasteiger partial charge < -0.3 is 5.32 Å². The fourth-order valence-corrected chi connectivity index (χ4v) is 3.99. The van der Waals surface area contributed by atoms with Crippen LogP contribution in [0, 0.1) is 6.92 Å². The second kappa shape index (κ2) is 6.92. The van der Waals surface area contributed by atoms with E-state index in [1.165, 1.54) is 11.3 Å². The first-order valence-electron chi connectivity index (χ1n) is 8.61. The van der Waals surface area contributed by atoms with Crippen molar-refractivity contribution in [3.05, 3.63) is 64.2 Å². The van der Waals surface area contributed by atoms with Crippen molar-refractivity contribution in [2.75, 3.05) is 6.54 Å². The SMILES string of the molecule is Cc1ccc2c(c1)C(=O)N(CCC(=O)NCc1nc3ccccc3s1)C2=O. The van der Waals surface area contributed by atoms with Crippen molar-refractivity contribution in [3.8, 4) is 0 Å². The topological polar surface area (TPSA) is 79.4 Å². The van der Waals surface area contributed by atoms with Crippen LogP contribution in [0.15, 0.2) is 42.5 Å². The number of carbonyl (C=O) groups excluding carboxylic acids is 3. The molecule has 1 N–H and O–H groups in total. The highest BCUT2D eigenvalue weighted by Crippen LogP contribution is 2.24. The van der Waals surface area contributed by atoms with Crippen LogP contribution in [0.1, 0.15) is 37.7 Å². The number of rotatable bonds is 5. The summed E-state index contributed by atoms with van der Waals surface area (Å²) in [6.07, 6.45) is 0.0648. The minimum atomic E-state index is -0.339. The Bertz CT molecular complexity index is 1040. The van der Waals surface area contributed by atoms with E-state index < -0.39 is 0 Å². The highest BCUT2D eigenvalue weighted by molar-refractivity contribution is 7.18. The molecule has 136 valence electrons. The zero-order valence-electron chi connectivity index (χ0n) is 14.7. The van der Waals surface area contributed by atoms with E-state index in [0.717, 1.165) is 25.7 Å². The lowest BCUT2D eigenvalue weighted by molar-refractivity contribution is -0.121. The van der Waals surface area contributed by atoms with Crippen LogP contribution in [-0.4, -0.2) is 34.2 Å². The summed E-state index contributed by atoms with van der Waals surface area (Å²) in [5.41, 5.74) is 2.65. The molecule has 0 radical (unpaired) electrons. The van der Waals surface area contributed by atoms with Crippen LogP contribution in [0.2, 0.25) is 0 Å². The smallest absolute Gasteiger partial charge is 0.261 e. The molecule has 2 aromatic carbocycles. The van der Waals surface area contributed by atoms with Crippen molar-refractivity contribution in [2.45, 2.75) is 19.9 Å². The van der Waals surface area contributed by atoms with Crippen molar-refractivity contribution in [3.63, 3.8) is 0 Å². The van der Waals surface area contributed by atoms with Crippen molar-refractivity contribution < 1.29 is 14.4 Å². The highest BCUT2D eigenvalue weighted by atomic mass is 32.1. The summed E-state index contributed by atoms with van der Waals surface area (Å²) in [5.74, 6) is -0.895. The van der Waals surface area contributed by atoms with Crippen LogP contribution in [0.4, 0.5) is 0 Å². The van der Waals surface area contributed by atoms with Crippen molar-refractivity contribution in [1.29, 1.82) is 0 Å². The van der Waals surface area contributed by atoms with E-state index in [-0.39, 0.29) is 30.7 Å². The number of fused-ring (bicyclic) bond motifs is 2. The number of para-hydroxylation sites is 1. The molecule has 2 heterocycles. The van der Waals surface area contributed by atoms with E-state index in [1.54, 1.807) is 18.2 Å². The molecule has 1 aliphatic heterocycles. The number of nitrogens with one attached hydrogen (secondary N) is 1. The molecule has 7 heteroatoms. The molecular weight excluding hydrogens is 362 g/mol. The average molecular weight is 379 g/mol. The Balaban J connectivity index is 1.34. The number of hydrogen-bond acceptors (Lipinski definition) is 5. The molecule has 1 aromatic heterocycles. The zero-order valence-corrected chi connectivity index (χ0v) is 15.5. The number of aromatic nitrogens is 1. The van der Waals surface area contributed by atoms with Gasteiger partial charge in [0, 0.05) is 13.0 Å². The maximum Gasteiger partial charge on any atom is 0.261 e. The fraction of sp³-hybridized carbons (Fsp3) is 0.200. The lowest BCUT2D eigenvalue weighted by Gasteiger charge is -2.13. The molecule has 0 spiro atoms. The minimum Gasteiger partial charge on any atom is -0.350 e. The van der Waals surface area contributed by atoms with Crippen LogP contribution >= 0.6 is 11.3 Å². The third-order valence-electron chi connectivity index (χ3n) is 4.46. The minimum absolute atomic E-state index is 0.0648. The first-order valence-corrected chi connectivity index (χ1v) is 9.42. The number of amides is 3. The van der Waals surface area contributed by atoms with Gasteiger partial charge in [-0.2, -0.15) is 0 Å². The second-order valence-corrected chi connectivity index (χ2v) is 7.53. The highest BCUT2D eigenvalue weighted by Gasteiger charge is 2.35. The summed E-state index contributed by atoms with van der Waals surface area (Å²) in [7, 11) is 0. The Morgan fingerprint density at radius 2 is 1.89 bits per heavy atom. The van der Waals surface area contributed by atoms with Gasteiger partial charge in [0.1, 0.15) is 5.01 Å². The first-order chi connectivity index (χ1) is 13.0. The van der Waals surface area contributed by atoms with Crippen LogP contribution in [0.3, 0.4) is 0 Å². The van der Waals surface area contributed by atoms with E-state index >= 15 is 0 Å². The molecule has 3 amide bonds. The van der Waals surface area contributed by atoms with Crippen molar-refractivity contribution >= 4 is 39.3 Å². The summed E-state index contributed by atoms with van der Waals surface area (Å²) in [6, 6.07) is 13.0. The van der Waals surface area contributed by atoms with Crippen LogP contribution < -0.4 is 5.32 Å². The van der Waals surface area contributed by atoms with E-state index in [4.69, 9.17) is 0 Å². The van der Waals surface area contributed by atoms with Crippen LogP contribution in [-0.2, 0) is 11.3 Å². The van der Waals surface area contributed by atoms with Gasteiger partial charge >= 0.3 is 0 Å². The fourth-order valence-electron chi connectivity index (χ4n) is 3.08. The van der Waals surface area contributed by atoms with Gasteiger partial charge in [0.25, 0.3) is 11.8 Å². The van der Waals surface area contributed by atoms with Gasteiger partial charge in [-0.15, -0.1) is 11.3 Å². The molecule has 0 fully saturated rings. The van der Waals surface area contributed by atoms with Crippen LogP contribution in [0.5, 0.6) is 0 Å². The summed E-state index contributed by atoms with van der Waals surface area (Å²) < 4.78 is 1.07. The van der Waals surface area contributed by atoms with Crippen LogP contribution in [0.25, 0.3) is 10.2 Å². The quantitative estimate of drug-likeness (QED) is 0.692. The van der Waals surface area contributed by atoms with Gasteiger partial charge in [0.05, 0.1) is 27.9 Å². The Hall–Kier alpha value is -3.06. The standard InChI is InChI=1S/C20H17N3O3S/c1-12-6-7-13-14(10-12)20(26)23(19(13)25)9-8-17(24)21-11-18-22-15-4-2-3-5-16(15)27-18/h2-7,10H,8-9,11H2,1H3,(H,21,24). The molecular formula is C20H17N3O3S. The zero-order chi connectivity index (χ0) is 19.0. The van der Waals surface area contributed by atoms with E-state index in [1.807, 2.05) is 31.2 Å². The maximum absolute atomic E-state index is 12.4. The molecule has 1 aliphatic rings. The lowest BCUT2D eigenvalue weighted by Crippen LogP contribution is -2.34. The monoisotopic (exact) mass is 379 g/mol. The molecule has 0 aliphatic carbocycles. The molecule has 0 bridgehead atoms. The van der Waals surface area contributed by atoms with Gasteiger partial charge in [-0.25, -0.2) is 4.98 Å². The molecule has 0 saturated carbocycles. The lowest BCUT2D eigenvalue weighted by atomic mass is 10.1. The number of imide groups is 1. The molecule has 0 unspecified atom stereocenters. The normalized spacial score (nSPS) is 13.3. The summed E-state index contributed by atoms with van der Waals surface area (Å²) in [5, 5.41) is 3.62. The first kappa shape index (κ1) is 17.4. The third kappa shape index (κ3) is 3.33. The summed E-state index contributed by atoms with van der Waals surface area (Å²) in [6.45, 7) is 2.27. The number of thiazole rings is 1. The van der Waals surface area contributed by atoms with E-state index in [2.05, 4.69) is 10.3 Å². The number of hydrogen-bond donors (Lipinski definition) is 1. The largest absolute Gasteiger partial charge is 0.350 e. The van der Waals surface area contributed by atoms with E-state index in [0.29, 0.717) is 17.7 Å². The van der Waals surface area contributed by atoms with Gasteiger partial charge in [-0.3, -0.25) is 19.3 Å². The van der Waals surface area contributed by atoms with Gasteiger partial charge in [-0.05, 0) is 31.2 Å². The molecule has 3 aromatic rings. The van der Waals surface area contributed by atoms with E-state index in [9.17, 15) is 14.4 Å². The second-order valence-electron chi connectivity index (χ2n) is 6.41.